The van der Waals surface area contributed by atoms with Crippen LogP contribution in [0.2, 0.25) is 5.02 Å². The number of rotatable bonds is 7. The minimum absolute atomic E-state index is 0.789. The quantitative estimate of drug-likeness (QED) is 0.811. The summed E-state index contributed by atoms with van der Waals surface area (Å²) in [6, 6.07) is 16.7. The average molecular weight is 303 g/mol. The molecule has 0 aliphatic rings. The van der Waals surface area contributed by atoms with E-state index < -0.39 is 0 Å². The van der Waals surface area contributed by atoms with Crippen LogP contribution in [0.25, 0.3) is 0 Å². The number of benzene rings is 2. The number of anilines is 1. The molecule has 0 unspecified atom stereocenters. The van der Waals surface area contributed by atoms with Crippen molar-refractivity contribution in [3.05, 3.63) is 64.7 Å². The summed E-state index contributed by atoms with van der Waals surface area (Å²) < 4.78 is 0. The van der Waals surface area contributed by atoms with Crippen LogP contribution >= 0.6 is 11.6 Å². The lowest BCUT2D eigenvalue weighted by Gasteiger charge is -2.21. The van der Waals surface area contributed by atoms with E-state index in [2.05, 4.69) is 54.4 Å². The molecule has 0 atom stereocenters. The van der Waals surface area contributed by atoms with E-state index in [0.717, 1.165) is 36.8 Å². The third kappa shape index (κ3) is 4.48. The predicted octanol–water partition coefficient (Wildman–Crippen LogP) is 4.48. The normalized spacial score (nSPS) is 10.6. The molecule has 0 heterocycles. The SMILES string of the molecule is CCN(CC)c1ccc(CNCc2ccccc2Cl)cc1. The van der Waals surface area contributed by atoms with Crippen molar-refractivity contribution in [1.29, 1.82) is 0 Å². The van der Waals surface area contributed by atoms with Crippen LogP contribution in [-0.2, 0) is 13.1 Å². The molecule has 0 aromatic heterocycles. The number of nitrogens with one attached hydrogen (secondary N) is 1. The first-order valence-corrected chi connectivity index (χ1v) is 7.90. The zero-order valence-corrected chi connectivity index (χ0v) is 13.5. The van der Waals surface area contributed by atoms with Crippen molar-refractivity contribution in [3.63, 3.8) is 0 Å². The predicted molar refractivity (Wildman–Crippen MR) is 92.0 cm³/mol. The standard InChI is InChI=1S/C18H23ClN2/c1-3-21(4-2)17-11-9-15(10-12-17)13-20-14-16-7-5-6-8-18(16)19/h5-12,20H,3-4,13-14H2,1-2H3. The Morgan fingerprint density at radius 2 is 1.57 bits per heavy atom. The van der Waals surface area contributed by atoms with Crippen molar-refractivity contribution in [2.24, 2.45) is 0 Å². The van der Waals surface area contributed by atoms with Crippen LogP contribution in [0, 0.1) is 0 Å². The summed E-state index contributed by atoms with van der Waals surface area (Å²) in [4.78, 5) is 2.35. The average Bonchev–Trinajstić information content (AvgIpc) is 2.52. The third-order valence-corrected chi connectivity index (χ3v) is 4.04. The molecule has 0 saturated heterocycles. The molecule has 0 spiro atoms. The third-order valence-electron chi connectivity index (χ3n) is 3.67. The van der Waals surface area contributed by atoms with Crippen LogP contribution in [-0.4, -0.2) is 13.1 Å². The highest BCUT2D eigenvalue weighted by Gasteiger charge is 2.02. The molecule has 0 fully saturated rings. The largest absolute Gasteiger partial charge is 0.372 e. The van der Waals surface area contributed by atoms with E-state index in [1.54, 1.807) is 0 Å². The topological polar surface area (TPSA) is 15.3 Å². The van der Waals surface area contributed by atoms with Crippen molar-refractivity contribution in [1.82, 2.24) is 5.32 Å². The Balaban J connectivity index is 1.88. The van der Waals surface area contributed by atoms with E-state index in [1.165, 1.54) is 11.3 Å². The summed E-state index contributed by atoms with van der Waals surface area (Å²) >= 11 is 6.15. The minimum atomic E-state index is 0.789. The van der Waals surface area contributed by atoms with Gasteiger partial charge in [0.1, 0.15) is 0 Å². The molecule has 21 heavy (non-hydrogen) atoms. The van der Waals surface area contributed by atoms with E-state index in [-0.39, 0.29) is 0 Å². The number of halogens is 1. The highest BCUT2D eigenvalue weighted by molar-refractivity contribution is 6.31. The Labute approximate surface area is 132 Å². The van der Waals surface area contributed by atoms with Crippen LogP contribution in [0.15, 0.2) is 48.5 Å². The first kappa shape index (κ1) is 15.9. The van der Waals surface area contributed by atoms with Gasteiger partial charge in [-0.3, -0.25) is 0 Å². The van der Waals surface area contributed by atoms with Crippen molar-refractivity contribution < 1.29 is 0 Å². The lowest BCUT2D eigenvalue weighted by Crippen LogP contribution is -2.21. The van der Waals surface area contributed by atoms with Crippen molar-refractivity contribution in [3.8, 4) is 0 Å². The summed E-state index contributed by atoms with van der Waals surface area (Å²) in [5.74, 6) is 0. The summed E-state index contributed by atoms with van der Waals surface area (Å²) in [6.07, 6.45) is 0. The number of hydrogen-bond donors (Lipinski definition) is 1. The molecule has 0 amide bonds. The summed E-state index contributed by atoms with van der Waals surface area (Å²) in [6.45, 7) is 8.09. The van der Waals surface area contributed by atoms with Gasteiger partial charge < -0.3 is 10.2 Å². The first-order chi connectivity index (χ1) is 10.2. The highest BCUT2D eigenvalue weighted by atomic mass is 35.5. The summed E-state index contributed by atoms with van der Waals surface area (Å²) in [7, 11) is 0. The van der Waals surface area contributed by atoms with E-state index in [0.29, 0.717) is 0 Å². The van der Waals surface area contributed by atoms with Crippen molar-refractivity contribution in [2.45, 2.75) is 26.9 Å². The first-order valence-electron chi connectivity index (χ1n) is 7.52. The zero-order valence-electron chi connectivity index (χ0n) is 12.8. The van der Waals surface area contributed by atoms with E-state index in [1.807, 2.05) is 18.2 Å². The van der Waals surface area contributed by atoms with Gasteiger partial charge in [0.2, 0.25) is 0 Å². The maximum atomic E-state index is 6.15. The summed E-state index contributed by atoms with van der Waals surface area (Å²) in [5.41, 5.74) is 3.71. The maximum Gasteiger partial charge on any atom is 0.0450 e. The van der Waals surface area contributed by atoms with Crippen molar-refractivity contribution >= 4 is 17.3 Å². The van der Waals surface area contributed by atoms with Gasteiger partial charge in [0.25, 0.3) is 0 Å². The molecular formula is C18H23ClN2. The van der Waals surface area contributed by atoms with Gasteiger partial charge in [-0.2, -0.15) is 0 Å². The number of nitrogens with zero attached hydrogens (tertiary/aromatic N) is 1. The molecule has 2 aromatic rings. The Bertz CT molecular complexity index is 547. The van der Waals surface area contributed by atoms with Crippen LogP contribution in [0.5, 0.6) is 0 Å². The van der Waals surface area contributed by atoms with Gasteiger partial charge in [0, 0.05) is 36.9 Å². The van der Waals surface area contributed by atoms with Gasteiger partial charge >= 0.3 is 0 Å². The lowest BCUT2D eigenvalue weighted by atomic mass is 10.1. The second-order valence-corrected chi connectivity index (χ2v) is 5.44. The van der Waals surface area contributed by atoms with Gasteiger partial charge in [-0.1, -0.05) is 41.9 Å². The second-order valence-electron chi connectivity index (χ2n) is 5.03. The molecule has 0 saturated carbocycles. The van der Waals surface area contributed by atoms with Gasteiger partial charge in [-0.05, 0) is 43.2 Å². The molecule has 0 radical (unpaired) electrons. The van der Waals surface area contributed by atoms with Crippen LogP contribution in [0.1, 0.15) is 25.0 Å². The van der Waals surface area contributed by atoms with Gasteiger partial charge in [0.15, 0.2) is 0 Å². The van der Waals surface area contributed by atoms with Gasteiger partial charge in [-0.15, -0.1) is 0 Å². The maximum absolute atomic E-state index is 6.15. The molecule has 0 aliphatic heterocycles. The van der Waals surface area contributed by atoms with Crippen LogP contribution in [0.3, 0.4) is 0 Å². The number of hydrogen-bond acceptors (Lipinski definition) is 2. The van der Waals surface area contributed by atoms with Gasteiger partial charge in [0.05, 0.1) is 0 Å². The molecule has 0 bridgehead atoms. The highest BCUT2D eigenvalue weighted by Crippen LogP contribution is 2.16. The molecule has 2 aromatic carbocycles. The molecule has 2 nitrogen and oxygen atoms in total. The smallest absolute Gasteiger partial charge is 0.0450 e. The lowest BCUT2D eigenvalue weighted by molar-refractivity contribution is 0.693. The Kier molecular flexibility index (Phi) is 6.09. The molecule has 3 heteroatoms. The Morgan fingerprint density at radius 1 is 0.905 bits per heavy atom. The van der Waals surface area contributed by atoms with Crippen LogP contribution in [0.4, 0.5) is 5.69 Å². The Hall–Kier alpha value is -1.51. The molecule has 1 N–H and O–H groups in total. The fourth-order valence-corrected chi connectivity index (χ4v) is 2.60. The summed E-state index contributed by atoms with van der Waals surface area (Å²) in [5, 5.41) is 4.26. The fraction of sp³-hybridized carbons (Fsp3) is 0.333. The van der Waals surface area contributed by atoms with Crippen LogP contribution < -0.4 is 10.2 Å². The second kappa shape index (κ2) is 8.06. The van der Waals surface area contributed by atoms with Crippen molar-refractivity contribution in [2.75, 3.05) is 18.0 Å². The van der Waals surface area contributed by atoms with E-state index >= 15 is 0 Å². The fourth-order valence-electron chi connectivity index (χ4n) is 2.40. The van der Waals surface area contributed by atoms with E-state index in [9.17, 15) is 0 Å². The van der Waals surface area contributed by atoms with Gasteiger partial charge in [-0.25, -0.2) is 0 Å². The monoisotopic (exact) mass is 302 g/mol. The Morgan fingerprint density at radius 3 is 2.19 bits per heavy atom. The molecular weight excluding hydrogens is 280 g/mol. The van der Waals surface area contributed by atoms with E-state index in [4.69, 9.17) is 11.6 Å². The zero-order chi connectivity index (χ0) is 15.1. The molecule has 0 aliphatic carbocycles. The molecule has 112 valence electrons. The minimum Gasteiger partial charge on any atom is -0.372 e. The molecule has 2 rings (SSSR count).